The smallest absolute Gasteiger partial charge is 0.303 e. The highest BCUT2D eigenvalue weighted by molar-refractivity contribution is 6.30. The van der Waals surface area contributed by atoms with Crippen molar-refractivity contribution >= 4 is 28.6 Å². The fourth-order valence-electron chi connectivity index (χ4n) is 5.50. The van der Waals surface area contributed by atoms with Gasteiger partial charge in [-0.2, -0.15) is 4.98 Å². The Morgan fingerprint density at radius 2 is 1.86 bits per heavy atom. The number of imidazole rings is 1. The Hall–Kier alpha value is -3.80. The molecule has 0 radical (unpaired) electrons. The number of hydrogen-bond donors (Lipinski definition) is 1. The lowest BCUT2D eigenvalue weighted by Crippen LogP contribution is -2.39. The van der Waals surface area contributed by atoms with Crippen molar-refractivity contribution in [3.8, 4) is 11.8 Å². The average molecular weight is 627 g/mol. The van der Waals surface area contributed by atoms with Crippen LogP contribution in [0.3, 0.4) is 0 Å². The summed E-state index contributed by atoms with van der Waals surface area (Å²) in [5, 5.41) is 9.37. The number of nitrogens with zero attached hydrogens (tertiary/aromatic N) is 4. The molecule has 4 aromatic rings. The van der Waals surface area contributed by atoms with E-state index in [1.807, 2.05) is 18.2 Å². The van der Waals surface area contributed by atoms with E-state index in [0.29, 0.717) is 19.5 Å². The molecule has 0 saturated carbocycles. The Morgan fingerprint density at radius 1 is 1.05 bits per heavy atom. The Kier molecular flexibility index (Phi) is 9.25. The first kappa shape index (κ1) is 30.2. The zero-order chi connectivity index (χ0) is 30.6. The molecule has 9 nitrogen and oxygen atoms in total. The highest BCUT2D eigenvalue weighted by Crippen LogP contribution is 2.27. The first-order valence-corrected chi connectivity index (χ1v) is 15.1. The van der Waals surface area contributed by atoms with Crippen LogP contribution in [0.2, 0.25) is 5.02 Å². The lowest BCUT2D eigenvalue weighted by atomic mass is 10.1. The molecule has 1 atom stereocenters. The van der Waals surface area contributed by atoms with Gasteiger partial charge in [0, 0.05) is 42.8 Å². The minimum absolute atomic E-state index is 0.0838. The van der Waals surface area contributed by atoms with Gasteiger partial charge in [-0.05, 0) is 61.6 Å². The Balaban J connectivity index is 1.07. The molecule has 2 fully saturated rings. The van der Waals surface area contributed by atoms with E-state index in [1.54, 1.807) is 6.07 Å². The summed E-state index contributed by atoms with van der Waals surface area (Å²) < 4.78 is 48.0. The summed E-state index contributed by atoms with van der Waals surface area (Å²) in [6, 6.07) is 12.9. The molecule has 12 heteroatoms. The van der Waals surface area contributed by atoms with Crippen LogP contribution in [0.1, 0.15) is 42.6 Å². The van der Waals surface area contributed by atoms with Crippen molar-refractivity contribution in [3.05, 3.63) is 82.1 Å². The van der Waals surface area contributed by atoms with E-state index >= 15 is 0 Å². The molecule has 2 aromatic heterocycles. The molecule has 232 valence electrons. The summed E-state index contributed by atoms with van der Waals surface area (Å²) >= 11 is 5.80. The quantitative estimate of drug-likeness (QED) is 0.211. The van der Waals surface area contributed by atoms with Crippen LogP contribution in [0, 0.1) is 11.6 Å². The molecule has 6 rings (SSSR count). The molecule has 44 heavy (non-hydrogen) atoms. The van der Waals surface area contributed by atoms with Crippen LogP contribution in [-0.2, 0) is 35.6 Å². The SMILES string of the molecule is O=C(O)CCc1ccc2nc(CN3CCC(Oc4ccc(F)c(OCc5ccc(Cl)cc5F)n4)CC3)n(C[C@@H]3CCO3)c2c1. The first-order chi connectivity index (χ1) is 21.3. The second-order valence-electron chi connectivity index (χ2n) is 11.2. The van der Waals surface area contributed by atoms with Gasteiger partial charge < -0.3 is 23.9 Å². The number of rotatable bonds is 12. The van der Waals surface area contributed by atoms with Gasteiger partial charge in [0.25, 0.3) is 5.88 Å². The standard InChI is InChI=1S/C32H33ClF2N4O5/c33-22-4-3-21(26(35)16-22)19-43-32-25(34)5-7-30(37-32)44-23-9-12-38(13-10-23)18-29-36-27-6-1-20(2-8-31(40)41)15-28(27)39(29)17-24-11-14-42-24/h1,3-7,15-16,23-24H,2,8-14,17-19H2,(H,40,41)/t24-/m0/s1. The topological polar surface area (TPSA) is 98.9 Å². The van der Waals surface area contributed by atoms with Gasteiger partial charge in [-0.15, -0.1) is 0 Å². The lowest BCUT2D eigenvalue weighted by Gasteiger charge is -2.32. The monoisotopic (exact) mass is 626 g/mol. The number of carboxylic acid groups (broad SMARTS) is 1. The van der Waals surface area contributed by atoms with Crippen molar-refractivity contribution < 1.29 is 32.9 Å². The summed E-state index contributed by atoms with van der Waals surface area (Å²) in [5.41, 5.74) is 3.09. The summed E-state index contributed by atoms with van der Waals surface area (Å²) in [5.74, 6) is -1.07. The molecule has 0 aliphatic carbocycles. The van der Waals surface area contributed by atoms with Crippen molar-refractivity contribution in [2.75, 3.05) is 19.7 Å². The van der Waals surface area contributed by atoms with Crippen molar-refractivity contribution in [3.63, 3.8) is 0 Å². The van der Waals surface area contributed by atoms with Crippen molar-refractivity contribution in [2.45, 2.75) is 64.0 Å². The lowest BCUT2D eigenvalue weighted by molar-refractivity contribution is -0.136. The van der Waals surface area contributed by atoms with Crippen molar-refractivity contribution in [1.82, 2.24) is 19.4 Å². The van der Waals surface area contributed by atoms with Crippen molar-refractivity contribution in [1.29, 1.82) is 0 Å². The zero-order valence-corrected chi connectivity index (χ0v) is 24.8. The van der Waals surface area contributed by atoms with E-state index in [9.17, 15) is 13.6 Å². The number of aliphatic carboxylic acids is 1. The molecule has 0 amide bonds. The second kappa shape index (κ2) is 13.5. The predicted octanol–water partition coefficient (Wildman–Crippen LogP) is 5.79. The van der Waals surface area contributed by atoms with Crippen LogP contribution in [0.15, 0.2) is 48.5 Å². The summed E-state index contributed by atoms with van der Waals surface area (Å²) in [7, 11) is 0. The number of aryl methyl sites for hydroxylation is 1. The molecule has 4 heterocycles. The van der Waals surface area contributed by atoms with E-state index in [0.717, 1.165) is 61.4 Å². The molecule has 0 bridgehead atoms. The highest BCUT2D eigenvalue weighted by Gasteiger charge is 2.26. The molecule has 2 saturated heterocycles. The van der Waals surface area contributed by atoms with Crippen LogP contribution in [-0.4, -0.2) is 62.4 Å². The molecule has 1 N–H and O–H groups in total. The van der Waals surface area contributed by atoms with Gasteiger partial charge >= 0.3 is 5.97 Å². The number of halogens is 3. The number of fused-ring (bicyclic) bond motifs is 1. The maximum atomic E-state index is 14.4. The molecule has 0 unspecified atom stereocenters. The third kappa shape index (κ3) is 7.28. The number of carbonyl (C=O) groups is 1. The third-order valence-corrected chi connectivity index (χ3v) is 8.29. The number of ether oxygens (including phenoxy) is 3. The second-order valence-corrected chi connectivity index (χ2v) is 11.6. The summed E-state index contributed by atoms with van der Waals surface area (Å²) in [4.78, 5) is 22.5. The van der Waals surface area contributed by atoms with Gasteiger partial charge in [0.05, 0.1) is 30.2 Å². The minimum Gasteiger partial charge on any atom is -0.481 e. The number of hydrogen-bond acceptors (Lipinski definition) is 7. The predicted molar refractivity (Wildman–Crippen MR) is 159 cm³/mol. The number of carboxylic acids is 1. The summed E-state index contributed by atoms with van der Waals surface area (Å²) in [6.45, 7) is 3.49. The largest absolute Gasteiger partial charge is 0.481 e. The van der Waals surface area contributed by atoms with Crippen molar-refractivity contribution in [2.24, 2.45) is 0 Å². The van der Waals surface area contributed by atoms with Gasteiger partial charge in [0.1, 0.15) is 24.4 Å². The normalized spacial score (nSPS) is 17.5. The third-order valence-electron chi connectivity index (χ3n) is 8.05. The van der Waals surface area contributed by atoms with Gasteiger partial charge in [0.15, 0.2) is 5.82 Å². The highest BCUT2D eigenvalue weighted by atomic mass is 35.5. The maximum Gasteiger partial charge on any atom is 0.303 e. The average Bonchev–Trinajstić information content (AvgIpc) is 3.31. The van der Waals surface area contributed by atoms with E-state index in [-0.39, 0.29) is 47.6 Å². The fourth-order valence-corrected chi connectivity index (χ4v) is 5.65. The Labute approximate surface area is 258 Å². The van der Waals surface area contributed by atoms with Gasteiger partial charge in [-0.1, -0.05) is 23.7 Å². The van der Waals surface area contributed by atoms with Crippen LogP contribution in [0.4, 0.5) is 8.78 Å². The number of aromatic nitrogens is 3. The molecule has 2 aromatic carbocycles. The van der Waals surface area contributed by atoms with E-state index < -0.39 is 17.6 Å². The number of likely N-dealkylation sites (tertiary alicyclic amines) is 1. The van der Waals surface area contributed by atoms with Gasteiger partial charge in [0.2, 0.25) is 5.88 Å². The van der Waals surface area contributed by atoms with Crippen LogP contribution in [0.25, 0.3) is 11.0 Å². The first-order valence-electron chi connectivity index (χ1n) is 14.7. The van der Waals surface area contributed by atoms with Crippen LogP contribution in [0.5, 0.6) is 11.8 Å². The maximum absolute atomic E-state index is 14.4. The fraction of sp³-hybridized carbons (Fsp3) is 0.406. The van der Waals surface area contributed by atoms with E-state index in [2.05, 4.69) is 14.5 Å². The molecular weight excluding hydrogens is 594 g/mol. The molecule has 2 aliphatic heterocycles. The van der Waals surface area contributed by atoms with E-state index in [1.165, 1.54) is 24.3 Å². The Morgan fingerprint density at radius 3 is 2.59 bits per heavy atom. The van der Waals surface area contributed by atoms with Gasteiger partial charge in [-0.3, -0.25) is 9.69 Å². The van der Waals surface area contributed by atoms with Crippen LogP contribution >= 0.6 is 11.6 Å². The molecule has 0 spiro atoms. The minimum atomic E-state index is -0.815. The zero-order valence-electron chi connectivity index (χ0n) is 24.1. The number of pyridine rings is 1. The van der Waals surface area contributed by atoms with Crippen LogP contribution < -0.4 is 9.47 Å². The molecular formula is C32H33ClF2N4O5. The molecule has 2 aliphatic rings. The summed E-state index contributed by atoms with van der Waals surface area (Å²) in [6.07, 6.45) is 3.09. The van der Waals surface area contributed by atoms with Gasteiger partial charge in [-0.25, -0.2) is 13.8 Å². The number of piperidine rings is 1. The van der Waals surface area contributed by atoms with E-state index in [4.69, 9.17) is 35.9 Å². The number of benzene rings is 2. The Bertz CT molecular complexity index is 1640.